The third kappa shape index (κ3) is 3.51. The van der Waals surface area contributed by atoms with E-state index in [1.165, 1.54) is 0 Å². The molecule has 1 atom stereocenters. The molecule has 1 fully saturated rings. The van der Waals surface area contributed by atoms with E-state index in [1.807, 2.05) is 0 Å². The second kappa shape index (κ2) is 7.35. The van der Waals surface area contributed by atoms with Crippen molar-refractivity contribution in [3.05, 3.63) is 54.4 Å². The number of ether oxygens (including phenoxy) is 1. The lowest BCUT2D eigenvalue weighted by Crippen LogP contribution is -2.44. The molecule has 2 heterocycles. The molecule has 2 amide bonds. The number of benzene rings is 1. The molecule has 1 N–H and O–H groups in total. The number of anilines is 1. The maximum Gasteiger partial charge on any atom is 0.255 e. The van der Waals surface area contributed by atoms with Gasteiger partial charge in [0.15, 0.2) is 0 Å². The van der Waals surface area contributed by atoms with Crippen LogP contribution in [0.1, 0.15) is 10.4 Å². The summed E-state index contributed by atoms with van der Waals surface area (Å²) in [4.78, 5) is 30.6. The molecule has 0 unspecified atom stereocenters. The normalized spacial score (nSPS) is 16.7. The Morgan fingerprint density at radius 1 is 1.21 bits per heavy atom. The molecular formula is C17H17N3O3S. The summed E-state index contributed by atoms with van der Waals surface area (Å²) in [5.41, 5.74) is 1.21. The number of pyridine rings is 1. The molecule has 6 nitrogen and oxygen atoms in total. The van der Waals surface area contributed by atoms with Crippen LogP contribution in [-0.2, 0) is 4.79 Å². The number of nitrogens with one attached hydrogen (secondary N) is 1. The number of nitrogens with zero attached hydrogens (tertiary/aromatic N) is 2. The van der Waals surface area contributed by atoms with E-state index in [-0.39, 0.29) is 11.8 Å². The minimum Gasteiger partial charge on any atom is -0.497 e. The molecule has 0 aliphatic carbocycles. The van der Waals surface area contributed by atoms with Crippen molar-refractivity contribution in [2.45, 2.75) is 6.04 Å². The summed E-state index contributed by atoms with van der Waals surface area (Å²) in [6.45, 7) is 0. The SMILES string of the molecule is COc1ccc(NC(=O)[C@H]2CSCN2C(=O)c2ccncc2)cc1. The Morgan fingerprint density at radius 2 is 1.92 bits per heavy atom. The molecule has 124 valence electrons. The lowest BCUT2D eigenvalue weighted by Gasteiger charge is -2.23. The molecule has 0 spiro atoms. The van der Waals surface area contributed by atoms with Crippen LogP contribution in [0.5, 0.6) is 5.75 Å². The number of aromatic nitrogens is 1. The van der Waals surface area contributed by atoms with Crippen LogP contribution in [0.2, 0.25) is 0 Å². The number of methoxy groups -OCH3 is 1. The van der Waals surface area contributed by atoms with Crippen molar-refractivity contribution >= 4 is 29.3 Å². The smallest absolute Gasteiger partial charge is 0.255 e. The molecule has 1 aliphatic rings. The van der Waals surface area contributed by atoms with E-state index in [1.54, 1.807) is 72.6 Å². The molecule has 3 rings (SSSR count). The van der Waals surface area contributed by atoms with Crippen LogP contribution in [0.4, 0.5) is 5.69 Å². The first-order chi connectivity index (χ1) is 11.7. The van der Waals surface area contributed by atoms with Crippen LogP contribution in [0, 0.1) is 0 Å². The summed E-state index contributed by atoms with van der Waals surface area (Å²) in [5.74, 6) is 1.46. The van der Waals surface area contributed by atoms with Crippen LogP contribution in [0.3, 0.4) is 0 Å². The van der Waals surface area contributed by atoms with Crippen molar-refractivity contribution in [1.82, 2.24) is 9.88 Å². The van der Waals surface area contributed by atoms with Gasteiger partial charge in [0.05, 0.1) is 13.0 Å². The topological polar surface area (TPSA) is 71.5 Å². The maximum absolute atomic E-state index is 12.6. The number of hydrogen-bond acceptors (Lipinski definition) is 5. The molecule has 1 aromatic heterocycles. The fourth-order valence-corrected chi connectivity index (χ4v) is 3.57. The lowest BCUT2D eigenvalue weighted by molar-refractivity contribution is -0.119. The fourth-order valence-electron chi connectivity index (χ4n) is 2.42. The van der Waals surface area contributed by atoms with Crippen LogP contribution >= 0.6 is 11.8 Å². The summed E-state index contributed by atoms with van der Waals surface area (Å²) in [6, 6.07) is 9.92. The Labute approximate surface area is 144 Å². The predicted octanol–water partition coefficient (Wildman–Crippen LogP) is 2.24. The Balaban J connectivity index is 1.70. The molecule has 0 radical (unpaired) electrons. The first-order valence-electron chi connectivity index (χ1n) is 7.42. The predicted molar refractivity (Wildman–Crippen MR) is 93.1 cm³/mol. The third-order valence-corrected chi connectivity index (χ3v) is 4.74. The fraction of sp³-hybridized carbons (Fsp3) is 0.235. The molecule has 1 aliphatic heterocycles. The summed E-state index contributed by atoms with van der Waals surface area (Å²) >= 11 is 1.57. The lowest BCUT2D eigenvalue weighted by atomic mass is 10.2. The van der Waals surface area contributed by atoms with Gasteiger partial charge in [-0.1, -0.05) is 0 Å². The molecule has 0 bridgehead atoms. The van der Waals surface area contributed by atoms with Gasteiger partial charge in [-0.05, 0) is 36.4 Å². The highest BCUT2D eigenvalue weighted by atomic mass is 32.2. The van der Waals surface area contributed by atoms with Gasteiger partial charge in [-0.25, -0.2) is 0 Å². The van der Waals surface area contributed by atoms with Crippen LogP contribution < -0.4 is 10.1 Å². The molecule has 24 heavy (non-hydrogen) atoms. The zero-order valence-corrected chi connectivity index (χ0v) is 14.0. The highest BCUT2D eigenvalue weighted by Crippen LogP contribution is 2.24. The van der Waals surface area contributed by atoms with Crippen molar-refractivity contribution in [2.24, 2.45) is 0 Å². The standard InChI is InChI=1S/C17H17N3O3S/c1-23-14-4-2-13(3-5-14)19-16(21)15-10-24-11-20(15)17(22)12-6-8-18-9-7-12/h2-9,15H,10-11H2,1H3,(H,19,21)/t15-/m1/s1. The summed E-state index contributed by atoms with van der Waals surface area (Å²) in [5, 5.41) is 2.86. The number of thioether (sulfide) groups is 1. The monoisotopic (exact) mass is 343 g/mol. The quantitative estimate of drug-likeness (QED) is 0.922. The molecule has 0 saturated carbocycles. The van der Waals surface area contributed by atoms with Crippen LogP contribution in [-0.4, -0.2) is 46.5 Å². The zero-order chi connectivity index (χ0) is 16.9. The number of carbonyl (C=O) groups is 2. The number of hydrogen-bond donors (Lipinski definition) is 1. The van der Waals surface area contributed by atoms with E-state index < -0.39 is 6.04 Å². The molecular weight excluding hydrogens is 326 g/mol. The largest absolute Gasteiger partial charge is 0.497 e. The maximum atomic E-state index is 12.6. The van der Waals surface area contributed by atoms with Crippen LogP contribution in [0.15, 0.2) is 48.8 Å². The minimum atomic E-state index is -0.488. The van der Waals surface area contributed by atoms with E-state index in [0.717, 1.165) is 5.75 Å². The summed E-state index contributed by atoms with van der Waals surface area (Å²) < 4.78 is 5.10. The molecule has 1 saturated heterocycles. The average Bonchev–Trinajstić information content (AvgIpc) is 3.12. The number of rotatable bonds is 4. The van der Waals surface area contributed by atoms with Gasteiger partial charge in [0.2, 0.25) is 5.91 Å². The Kier molecular flexibility index (Phi) is 5.00. The van der Waals surface area contributed by atoms with Crippen molar-refractivity contribution in [1.29, 1.82) is 0 Å². The zero-order valence-electron chi connectivity index (χ0n) is 13.1. The van der Waals surface area contributed by atoms with Gasteiger partial charge in [0.1, 0.15) is 11.8 Å². The van der Waals surface area contributed by atoms with Crippen molar-refractivity contribution in [3.63, 3.8) is 0 Å². The van der Waals surface area contributed by atoms with Gasteiger partial charge in [0, 0.05) is 29.4 Å². The number of amides is 2. The first kappa shape index (κ1) is 16.3. The highest BCUT2D eigenvalue weighted by Gasteiger charge is 2.35. The van der Waals surface area contributed by atoms with Gasteiger partial charge in [-0.3, -0.25) is 14.6 Å². The minimum absolute atomic E-state index is 0.155. The van der Waals surface area contributed by atoms with Gasteiger partial charge in [-0.2, -0.15) is 0 Å². The molecule has 7 heteroatoms. The van der Waals surface area contributed by atoms with Crippen molar-refractivity contribution < 1.29 is 14.3 Å². The highest BCUT2D eigenvalue weighted by molar-refractivity contribution is 7.99. The van der Waals surface area contributed by atoms with Gasteiger partial charge in [0.25, 0.3) is 5.91 Å². The van der Waals surface area contributed by atoms with E-state index in [4.69, 9.17) is 4.74 Å². The van der Waals surface area contributed by atoms with Crippen molar-refractivity contribution in [3.8, 4) is 5.75 Å². The number of carbonyl (C=O) groups excluding carboxylic acids is 2. The summed E-state index contributed by atoms with van der Waals surface area (Å²) in [6.07, 6.45) is 3.14. The van der Waals surface area contributed by atoms with E-state index in [0.29, 0.717) is 22.9 Å². The Hall–Kier alpha value is -2.54. The van der Waals surface area contributed by atoms with Gasteiger partial charge in [-0.15, -0.1) is 11.8 Å². The van der Waals surface area contributed by atoms with Crippen molar-refractivity contribution in [2.75, 3.05) is 24.1 Å². The second-order valence-electron chi connectivity index (χ2n) is 5.24. The Morgan fingerprint density at radius 3 is 2.58 bits per heavy atom. The van der Waals surface area contributed by atoms with E-state index in [9.17, 15) is 9.59 Å². The molecule has 2 aromatic rings. The average molecular weight is 343 g/mol. The Bertz CT molecular complexity index is 722. The first-order valence-corrected chi connectivity index (χ1v) is 8.58. The van der Waals surface area contributed by atoms with Crippen LogP contribution in [0.25, 0.3) is 0 Å². The molecule has 1 aromatic carbocycles. The third-order valence-electron chi connectivity index (χ3n) is 3.73. The van der Waals surface area contributed by atoms with Gasteiger partial charge < -0.3 is 15.0 Å². The second-order valence-corrected chi connectivity index (χ2v) is 6.24. The van der Waals surface area contributed by atoms with E-state index in [2.05, 4.69) is 10.3 Å². The van der Waals surface area contributed by atoms with E-state index >= 15 is 0 Å². The van der Waals surface area contributed by atoms with Gasteiger partial charge >= 0.3 is 0 Å². The summed E-state index contributed by atoms with van der Waals surface area (Å²) in [7, 11) is 1.59.